The Hall–Kier alpha value is -1.10. The Morgan fingerprint density at radius 3 is 2.63 bits per heavy atom. The number of hydrogen-bond acceptors (Lipinski definition) is 4. The third-order valence-corrected chi connectivity index (χ3v) is 3.07. The zero-order chi connectivity index (χ0) is 14.5. The Kier molecular flexibility index (Phi) is 5.79. The zero-order valence-corrected chi connectivity index (χ0v) is 12.4. The van der Waals surface area contributed by atoms with Crippen molar-refractivity contribution < 1.29 is 14.3 Å². The molecule has 0 aromatic rings. The van der Waals surface area contributed by atoms with Gasteiger partial charge < -0.3 is 15.4 Å². The molecular formula is C14H26N2O3. The van der Waals surface area contributed by atoms with Gasteiger partial charge in [0.2, 0.25) is 5.91 Å². The van der Waals surface area contributed by atoms with Crippen LogP contribution in [0.2, 0.25) is 0 Å². The van der Waals surface area contributed by atoms with E-state index >= 15 is 0 Å². The van der Waals surface area contributed by atoms with E-state index in [9.17, 15) is 9.59 Å². The first-order valence-corrected chi connectivity index (χ1v) is 6.98. The van der Waals surface area contributed by atoms with Crippen LogP contribution in [0.4, 0.5) is 0 Å². The van der Waals surface area contributed by atoms with Crippen LogP contribution in [0, 0.1) is 5.92 Å². The molecule has 1 aliphatic rings. The van der Waals surface area contributed by atoms with Crippen LogP contribution in [0.3, 0.4) is 0 Å². The third-order valence-electron chi connectivity index (χ3n) is 3.07. The molecule has 2 N–H and O–H groups in total. The topological polar surface area (TPSA) is 67.4 Å². The van der Waals surface area contributed by atoms with Crippen LogP contribution in [0.25, 0.3) is 0 Å². The van der Waals surface area contributed by atoms with Gasteiger partial charge in [0.05, 0.1) is 5.92 Å². The molecule has 0 radical (unpaired) electrons. The molecule has 0 aromatic carbocycles. The highest BCUT2D eigenvalue weighted by atomic mass is 16.6. The average Bonchev–Trinajstić information content (AvgIpc) is 2.49. The molecule has 5 heteroatoms. The summed E-state index contributed by atoms with van der Waals surface area (Å²) in [5, 5.41) is 6.16. The summed E-state index contributed by atoms with van der Waals surface area (Å²) < 4.78 is 5.45. The Balaban J connectivity index is 2.52. The maximum atomic E-state index is 12.1. The van der Waals surface area contributed by atoms with Gasteiger partial charge in [-0.1, -0.05) is 0 Å². The summed E-state index contributed by atoms with van der Waals surface area (Å²) in [5.41, 5.74) is -0.441. The van der Waals surface area contributed by atoms with Gasteiger partial charge in [-0.15, -0.1) is 0 Å². The van der Waals surface area contributed by atoms with Crippen molar-refractivity contribution in [2.24, 2.45) is 5.92 Å². The van der Waals surface area contributed by atoms with Gasteiger partial charge in [-0.05, 0) is 46.6 Å². The lowest BCUT2D eigenvalue weighted by Gasteiger charge is -2.25. The molecule has 0 aromatic heterocycles. The molecular weight excluding hydrogens is 244 g/mol. The summed E-state index contributed by atoms with van der Waals surface area (Å²) in [6, 6.07) is 0.143. The summed E-state index contributed by atoms with van der Waals surface area (Å²) in [5.74, 6) is -0.239. The molecule has 0 bridgehead atoms. The number of ether oxygens (including phenoxy) is 1. The van der Waals surface area contributed by atoms with Crippen LogP contribution in [-0.2, 0) is 14.3 Å². The van der Waals surface area contributed by atoms with E-state index in [2.05, 4.69) is 10.6 Å². The van der Waals surface area contributed by atoms with Gasteiger partial charge in [0.1, 0.15) is 5.60 Å². The highest BCUT2D eigenvalue weighted by Gasteiger charge is 2.29. The Morgan fingerprint density at radius 1 is 1.37 bits per heavy atom. The molecule has 0 saturated carbocycles. The predicted octanol–water partition coefficient (Wildman–Crippen LogP) is 1.22. The normalized spacial score (nSPS) is 24.4. The lowest BCUT2D eigenvalue weighted by atomic mass is 9.96. The van der Waals surface area contributed by atoms with Crippen LogP contribution < -0.4 is 10.6 Å². The zero-order valence-electron chi connectivity index (χ0n) is 12.4. The summed E-state index contributed by atoms with van der Waals surface area (Å²) in [4.78, 5) is 23.1. The van der Waals surface area contributed by atoms with Crippen LogP contribution >= 0.6 is 0 Å². The summed E-state index contributed by atoms with van der Waals surface area (Å²) in [6.45, 7) is 8.60. The van der Waals surface area contributed by atoms with Crippen LogP contribution in [0.5, 0.6) is 0 Å². The van der Waals surface area contributed by atoms with Crippen LogP contribution in [0.1, 0.15) is 47.0 Å². The lowest BCUT2D eigenvalue weighted by Crippen LogP contribution is -2.41. The molecule has 0 aliphatic carbocycles. The van der Waals surface area contributed by atoms with Crippen molar-refractivity contribution in [3.8, 4) is 0 Å². The predicted molar refractivity (Wildman–Crippen MR) is 73.7 cm³/mol. The first-order chi connectivity index (χ1) is 8.78. The smallest absolute Gasteiger partial charge is 0.309 e. The molecule has 1 heterocycles. The molecule has 0 spiro atoms. The van der Waals surface area contributed by atoms with Crippen molar-refractivity contribution >= 4 is 11.9 Å². The van der Waals surface area contributed by atoms with E-state index in [0.717, 1.165) is 25.8 Å². The standard InChI is InChI=1S/C14H26N2O3/c1-10(17)16-9-12-8-11(6-5-7-15-12)13(18)19-14(2,3)4/h11-12,15H,5-9H2,1-4H3,(H,16,17). The van der Waals surface area contributed by atoms with E-state index in [1.165, 1.54) is 6.92 Å². The number of amides is 1. The molecule has 19 heavy (non-hydrogen) atoms. The van der Waals surface area contributed by atoms with Gasteiger partial charge >= 0.3 is 5.97 Å². The van der Waals surface area contributed by atoms with Gasteiger partial charge in [-0.25, -0.2) is 0 Å². The monoisotopic (exact) mass is 270 g/mol. The summed E-state index contributed by atoms with van der Waals surface area (Å²) >= 11 is 0. The summed E-state index contributed by atoms with van der Waals surface area (Å²) in [7, 11) is 0. The minimum absolute atomic E-state index is 0.0418. The van der Waals surface area contributed by atoms with Crippen molar-refractivity contribution in [2.45, 2.75) is 58.6 Å². The van der Waals surface area contributed by atoms with Gasteiger partial charge in [0.25, 0.3) is 0 Å². The van der Waals surface area contributed by atoms with Crippen molar-refractivity contribution in [3.63, 3.8) is 0 Å². The second-order valence-electron chi connectivity index (χ2n) is 6.20. The van der Waals surface area contributed by atoms with Gasteiger partial charge in [-0.3, -0.25) is 9.59 Å². The lowest BCUT2D eigenvalue weighted by molar-refractivity contribution is -0.160. The number of hydrogen-bond donors (Lipinski definition) is 2. The molecule has 1 saturated heterocycles. The van der Waals surface area contributed by atoms with E-state index in [1.54, 1.807) is 0 Å². The maximum absolute atomic E-state index is 12.1. The Bertz CT molecular complexity index is 323. The van der Waals surface area contributed by atoms with E-state index in [0.29, 0.717) is 6.54 Å². The highest BCUT2D eigenvalue weighted by molar-refractivity contribution is 5.73. The van der Waals surface area contributed by atoms with Crippen molar-refractivity contribution in [3.05, 3.63) is 0 Å². The molecule has 1 fully saturated rings. The number of carbonyl (C=O) groups is 2. The fraction of sp³-hybridized carbons (Fsp3) is 0.857. The SMILES string of the molecule is CC(=O)NCC1CC(C(=O)OC(C)(C)C)CCCN1. The largest absolute Gasteiger partial charge is 0.460 e. The van der Waals surface area contributed by atoms with E-state index in [4.69, 9.17) is 4.74 Å². The quantitative estimate of drug-likeness (QED) is 0.757. The van der Waals surface area contributed by atoms with Gasteiger partial charge in [-0.2, -0.15) is 0 Å². The minimum Gasteiger partial charge on any atom is -0.460 e. The van der Waals surface area contributed by atoms with Gasteiger partial charge in [0.15, 0.2) is 0 Å². The van der Waals surface area contributed by atoms with Crippen molar-refractivity contribution in [1.82, 2.24) is 10.6 Å². The van der Waals surface area contributed by atoms with E-state index < -0.39 is 5.60 Å². The molecule has 1 amide bonds. The summed E-state index contributed by atoms with van der Waals surface area (Å²) in [6.07, 6.45) is 2.52. The molecule has 2 unspecified atom stereocenters. The second-order valence-corrected chi connectivity index (χ2v) is 6.20. The first kappa shape index (κ1) is 16.0. The second kappa shape index (κ2) is 6.89. The number of rotatable bonds is 3. The average molecular weight is 270 g/mol. The maximum Gasteiger partial charge on any atom is 0.309 e. The van der Waals surface area contributed by atoms with Crippen LogP contribution in [0.15, 0.2) is 0 Å². The fourth-order valence-electron chi connectivity index (χ4n) is 2.22. The minimum atomic E-state index is -0.441. The highest BCUT2D eigenvalue weighted by Crippen LogP contribution is 2.21. The van der Waals surface area contributed by atoms with Crippen molar-refractivity contribution in [2.75, 3.05) is 13.1 Å². The molecule has 110 valence electrons. The Morgan fingerprint density at radius 2 is 2.05 bits per heavy atom. The van der Waals surface area contributed by atoms with E-state index in [1.807, 2.05) is 20.8 Å². The molecule has 5 nitrogen and oxygen atoms in total. The third kappa shape index (κ3) is 6.57. The fourth-order valence-corrected chi connectivity index (χ4v) is 2.22. The first-order valence-electron chi connectivity index (χ1n) is 6.98. The van der Waals surface area contributed by atoms with Crippen molar-refractivity contribution in [1.29, 1.82) is 0 Å². The molecule has 1 aliphatic heterocycles. The number of carbonyl (C=O) groups excluding carboxylic acids is 2. The van der Waals surface area contributed by atoms with Gasteiger partial charge in [0, 0.05) is 19.5 Å². The Labute approximate surface area is 115 Å². The van der Waals surface area contributed by atoms with E-state index in [-0.39, 0.29) is 23.8 Å². The number of esters is 1. The molecule has 2 atom stereocenters. The number of nitrogens with one attached hydrogen (secondary N) is 2. The van der Waals surface area contributed by atoms with Crippen LogP contribution in [-0.4, -0.2) is 36.6 Å². The molecule has 1 rings (SSSR count).